The molecule has 4 aromatic rings. The molecule has 0 radical (unpaired) electrons. The van der Waals surface area contributed by atoms with E-state index < -0.39 is 0 Å². The second-order valence-corrected chi connectivity index (χ2v) is 8.47. The Balaban J connectivity index is 1.52. The quantitative estimate of drug-likeness (QED) is 0.319. The van der Waals surface area contributed by atoms with Crippen LogP contribution in [-0.2, 0) is 4.79 Å². The molecule has 10 heteroatoms. The monoisotopic (exact) mass is 493 g/mol. The standard InChI is InChI=1S/C27H23N7O3/c1-36-19-14-12-17(13-15-19)21-24(29-25-23(28)32-37-33-25)30-26-20(16-8-4-2-5-9-16)22(31-34(26)27(21)35)18-10-6-3-7-11-18/h2-15,22,30-31H,1H3,(H2,28,32)(H,29,33). The number of ether oxygens (including phenoxy) is 1. The molecule has 0 saturated carbocycles. The van der Waals surface area contributed by atoms with Crippen molar-refractivity contribution in [3.63, 3.8) is 0 Å². The van der Waals surface area contributed by atoms with Crippen molar-refractivity contribution in [1.82, 2.24) is 26.1 Å². The number of anilines is 2. The molecule has 6 rings (SSSR count). The van der Waals surface area contributed by atoms with E-state index in [4.69, 9.17) is 15.1 Å². The minimum Gasteiger partial charge on any atom is -0.497 e. The number of hydrogen-bond donors (Lipinski definition) is 4. The molecule has 10 nitrogen and oxygen atoms in total. The number of hydrogen-bond acceptors (Lipinski definition) is 9. The maximum absolute atomic E-state index is 14.1. The van der Waals surface area contributed by atoms with Crippen molar-refractivity contribution in [2.45, 2.75) is 6.04 Å². The summed E-state index contributed by atoms with van der Waals surface area (Å²) in [5.41, 5.74) is 13.3. The lowest BCUT2D eigenvalue weighted by molar-refractivity contribution is -0.126. The highest BCUT2D eigenvalue weighted by Crippen LogP contribution is 2.42. The van der Waals surface area contributed by atoms with Gasteiger partial charge in [0.2, 0.25) is 11.6 Å². The predicted molar refractivity (Wildman–Crippen MR) is 138 cm³/mol. The van der Waals surface area contributed by atoms with E-state index in [-0.39, 0.29) is 23.6 Å². The Morgan fingerprint density at radius 2 is 1.65 bits per heavy atom. The molecule has 37 heavy (non-hydrogen) atoms. The number of nitrogens with two attached hydrogens (primary N) is 1. The number of methoxy groups -OCH3 is 1. The molecular formula is C27H23N7O3. The van der Waals surface area contributed by atoms with E-state index in [1.807, 2.05) is 72.8 Å². The number of amides is 1. The van der Waals surface area contributed by atoms with Crippen LogP contribution >= 0.6 is 0 Å². The maximum Gasteiger partial charge on any atom is 0.278 e. The first-order chi connectivity index (χ1) is 18.1. The first kappa shape index (κ1) is 22.4. The van der Waals surface area contributed by atoms with Crippen molar-refractivity contribution in [3.8, 4) is 5.75 Å². The van der Waals surface area contributed by atoms with E-state index in [0.29, 0.717) is 28.5 Å². The number of nitrogen functional groups attached to an aromatic ring is 1. The van der Waals surface area contributed by atoms with Crippen LogP contribution in [0.1, 0.15) is 22.7 Å². The normalized spacial score (nSPS) is 17.1. The number of nitrogens with zero attached hydrogens (tertiary/aromatic N) is 3. The highest BCUT2D eigenvalue weighted by atomic mass is 16.6. The summed E-state index contributed by atoms with van der Waals surface area (Å²) in [6, 6.07) is 26.9. The minimum absolute atomic E-state index is 0.0715. The van der Waals surface area contributed by atoms with E-state index in [1.165, 1.54) is 0 Å². The van der Waals surface area contributed by atoms with E-state index in [0.717, 1.165) is 16.7 Å². The molecule has 0 spiro atoms. The van der Waals surface area contributed by atoms with Gasteiger partial charge in [-0.2, -0.15) is 0 Å². The van der Waals surface area contributed by atoms with Crippen LogP contribution in [-0.4, -0.2) is 28.3 Å². The molecule has 0 fully saturated rings. The SMILES string of the molecule is COc1ccc(C2=C(Nc3nonc3N)NC3=C(c4ccccc4)C(c4ccccc4)NN3C2=O)cc1. The van der Waals surface area contributed by atoms with Gasteiger partial charge < -0.3 is 21.1 Å². The molecule has 3 aromatic carbocycles. The summed E-state index contributed by atoms with van der Waals surface area (Å²) in [4.78, 5) is 14.1. The second-order valence-electron chi connectivity index (χ2n) is 8.47. The summed E-state index contributed by atoms with van der Waals surface area (Å²) < 4.78 is 10.1. The predicted octanol–water partition coefficient (Wildman–Crippen LogP) is 3.50. The van der Waals surface area contributed by atoms with Crippen LogP contribution in [0.3, 0.4) is 0 Å². The zero-order valence-corrected chi connectivity index (χ0v) is 19.8. The fourth-order valence-corrected chi connectivity index (χ4v) is 4.53. The zero-order valence-electron chi connectivity index (χ0n) is 19.8. The summed E-state index contributed by atoms with van der Waals surface area (Å²) >= 11 is 0. The molecule has 5 N–H and O–H groups in total. The Hall–Kier alpha value is -5.09. The third kappa shape index (κ3) is 3.95. The van der Waals surface area contributed by atoms with Gasteiger partial charge in [0.15, 0.2) is 0 Å². The number of carbonyl (C=O) groups is 1. The van der Waals surface area contributed by atoms with E-state index in [9.17, 15) is 4.79 Å². The van der Waals surface area contributed by atoms with Crippen LogP contribution in [0.15, 0.2) is 101 Å². The maximum atomic E-state index is 14.1. The number of hydrazine groups is 1. The molecular weight excluding hydrogens is 470 g/mol. The molecule has 2 aliphatic rings. The highest BCUT2D eigenvalue weighted by molar-refractivity contribution is 6.22. The molecule has 184 valence electrons. The van der Waals surface area contributed by atoms with Gasteiger partial charge in [0.05, 0.1) is 18.7 Å². The van der Waals surface area contributed by atoms with Gasteiger partial charge in [-0.25, -0.2) is 15.1 Å². The fraction of sp³-hybridized carbons (Fsp3) is 0.0741. The van der Waals surface area contributed by atoms with E-state index >= 15 is 0 Å². The average Bonchev–Trinajstić information content (AvgIpc) is 3.53. The Kier molecular flexibility index (Phi) is 5.55. The second kappa shape index (κ2) is 9.17. The Morgan fingerprint density at radius 3 is 2.30 bits per heavy atom. The number of benzene rings is 3. The first-order valence-corrected chi connectivity index (χ1v) is 11.6. The van der Waals surface area contributed by atoms with Crippen molar-refractivity contribution in [2.75, 3.05) is 18.2 Å². The van der Waals surface area contributed by atoms with Gasteiger partial charge in [-0.05, 0) is 39.1 Å². The van der Waals surface area contributed by atoms with Gasteiger partial charge in [0, 0.05) is 5.57 Å². The Morgan fingerprint density at radius 1 is 0.946 bits per heavy atom. The summed E-state index contributed by atoms with van der Waals surface area (Å²) in [7, 11) is 1.59. The number of carbonyl (C=O) groups excluding carboxylic acids is 1. The average molecular weight is 494 g/mol. The Bertz CT molecular complexity index is 1510. The van der Waals surface area contributed by atoms with Gasteiger partial charge in [0.1, 0.15) is 17.4 Å². The highest BCUT2D eigenvalue weighted by Gasteiger charge is 2.42. The van der Waals surface area contributed by atoms with Crippen molar-refractivity contribution >= 4 is 28.7 Å². The van der Waals surface area contributed by atoms with Crippen LogP contribution in [0.5, 0.6) is 5.75 Å². The molecule has 3 heterocycles. The molecule has 1 aromatic heterocycles. The zero-order chi connectivity index (χ0) is 25.4. The lowest BCUT2D eigenvalue weighted by Crippen LogP contribution is -2.47. The number of rotatable bonds is 6. The van der Waals surface area contributed by atoms with Crippen molar-refractivity contribution < 1.29 is 14.2 Å². The molecule has 1 atom stereocenters. The molecule has 2 aliphatic heterocycles. The molecule has 1 unspecified atom stereocenters. The molecule has 0 bridgehead atoms. The number of fused-ring (bicyclic) bond motifs is 1. The lowest BCUT2D eigenvalue weighted by atomic mass is 9.94. The van der Waals surface area contributed by atoms with E-state index in [2.05, 4.69) is 26.4 Å². The summed E-state index contributed by atoms with van der Waals surface area (Å²) in [6.45, 7) is 0. The minimum atomic E-state index is -0.273. The summed E-state index contributed by atoms with van der Waals surface area (Å²) in [5, 5.41) is 15.6. The van der Waals surface area contributed by atoms with Gasteiger partial charge >= 0.3 is 0 Å². The van der Waals surface area contributed by atoms with Crippen molar-refractivity contribution in [1.29, 1.82) is 0 Å². The van der Waals surface area contributed by atoms with Gasteiger partial charge in [-0.15, -0.1) is 0 Å². The number of nitrogens with one attached hydrogen (secondary N) is 3. The lowest BCUT2D eigenvalue weighted by Gasteiger charge is -2.31. The van der Waals surface area contributed by atoms with Crippen LogP contribution in [0.4, 0.5) is 11.6 Å². The summed E-state index contributed by atoms with van der Waals surface area (Å²) in [6.07, 6.45) is 0. The smallest absolute Gasteiger partial charge is 0.278 e. The van der Waals surface area contributed by atoms with Crippen LogP contribution in [0.25, 0.3) is 11.1 Å². The van der Waals surface area contributed by atoms with Gasteiger partial charge in [-0.3, -0.25) is 4.79 Å². The summed E-state index contributed by atoms with van der Waals surface area (Å²) in [5.74, 6) is 1.68. The number of aromatic nitrogens is 2. The molecule has 1 amide bonds. The van der Waals surface area contributed by atoms with Crippen LogP contribution < -0.4 is 26.5 Å². The van der Waals surface area contributed by atoms with Gasteiger partial charge in [0.25, 0.3) is 5.91 Å². The van der Waals surface area contributed by atoms with Crippen LogP contribution in [0, 0.1) is 0 Å². The molecule has 0 aliphatic carbocycles. The van der Waals surface area contributed by atoms with Gasteiger partial charge in [-0.1, -0.05) is 72.8 Å². The molecule has 0 saturated heterocycles. The fourth-order valence-electron chi connectivity index (χ4n) is 4.53. The third-order valence-electron chi connectivity index (χ3n) is 6.29. The van der Waals surface area contributed by atoms with E-state index in [1.54, 1.807) is 24.3 Å². The first-order valence-electron chi connectivity index (χ1n) is 11.6. The van der Waals surface area contributed by atoms with Crippen molar-refractivity contribution in [3.05, 3.63) is 113 Å². The largest absolute Gasteiger partial charge is 0.497 e. The van der Waals surface area contributed by atoms with Crippen LogP contribution in [0.2, 0.25) is 0 Å². The topological polar surface area (TPSA) is 131 Å². The Labute approximate surface area is 212 Å². The third-order valence-corrected chi connectivity index (χ3v) is 6.29. The van der Waals surface area contributed by atoms with Crippen molar-refractivity contribution in [2.24, 2.45) is 0 Å².